The summed E-state index contributed by atoms with van der Waals surface area (Å²) < 4.78 is 47.8. The van der Waals surface area contributed by atoms with Crippen LogP contribution in [0.4, 0.5) is 0 Å². The van der Waals surface area contributed by atoms with Crippen molar-refractivity contribution in [3.05, 3.63) is 47.3 Å². The van der Waals surface area contributed by atoms with E-state index in [1.165, 1.54) is 0 Å². The Labute approximate surface area is 258 Å². The van der Waals surface area contributed by atoms with E-state index < -0.39 is 40.1 Å². The summed E-state index contributed by atoms with van der Waals surface area (Å²) in [5.74, 6) is 0.502. The van der Waals surface area contributed by atoms with Gasteiger partial charge in [-0.3, -0.25) is 14.3 Å². The normalized spacial score (nSPS) is 43.7. The Morgan fingerprint density at radius 1 is 1.16 bits per heavy atom. The maximum Gasteiger partial charge on any atom is 0.397 e. The predicted octanol–water partition coefficient (Wildman–Crippen LogP) is 4.10. The number of allylic oxidation sites excluding steroid dienone is 1. The number of epoxide rings is 1. The van der Waals surface area contributed by atoms with Crippen molar-refractivity contribution in [2.75, 3.05) is 6.61 Å². The van der Waals surface area contributed by atoms with Gasteiger partial charge in [-0.1, -0.05) is 25.5 Å². The molecule has 1 aromatic rings. The van der Waals surface area contributed by atoms with Crippen LogP contribution in [0.5, 0.6) is 0 Å². The Kier molecular flexibility index (Phi) is 6.89. The molecular weight excluding hydrogens is 586 g/mol. The van der Waals surface area contributed by atoms with Gasteiger partial charge in [-0.15, -0.1) is 0 Å². The number of fused-ring (bicyclic) bond motifs is 4. The Balaban J connectivity index is 1.13. The molecule has 1 spiro atoms. The summed E-state index contributed by atoms with van der Waals surface area (Å²) in [7, 11) is -4.67. The van der Waals surface area contributed by atoms with Crippen LogP contribution in [-0.4, -0.2) is 65.3 Å². The van der Waals surface area contributed by atoms with Crippen molar-refractivity contribution in [1.29, 1.82) is 0 Å². The number of hydrogen-bond acceptors (Lipinski definition) is 9. The second kappa shape index (κ2) is 10.0. The lowest BCUT2D eigenvalue weighted by Crippen LogP contribution is -2.64. The number of Topliss-reactive ketones (excluding diaryl/α,β-unsaturated/α-hetero) is 1. The number of esters is 1. The second-order valence-corrected chi connectivity index (χ2v) is 15.6. The van der Waals surface area contributed by atoms with Gasteiger partial charge in [0.25, 0.3) is 0 Å². The molecule has 3 saturated carbocycles. The molecule has 4 fully saturated rings. The highest BCUT2D eigenvalue weighted by Crippen LogP contribution is 2.73. The summed E-state index contributed by atoms with van der Waals surface area (Å²) in [6, 6.07) is 5.50. The van der Waals surface area contributed by atoms with Gasteiger partial charge in [0.2, 0.25) is 0 Å². The molecular formula is C33H41NO9S. The number of aromatic nitrogens is 1. The fourth-order valence-corrected chi connectivity index (χ4v) is 10.9. The van der Waals surface area contributed by atoms with E-state index in [2.05, 4.69) is 23.0 Å². The third kappa shape index (κ3) is 4.18. The molecule has 1 aromatic heterocycles. The molecule has 11 atom stereocenters. The molecule has 3 heterocycles. The zero-order chi connectivity index (χ0) is 31.4. The highest BCUT2D eigenvalue weighted by atomic mass is 32.3. The molecule has 0 amide bonds. The van der Waals surface area contributed by atoms with E-state index in [-0.39, 0.29) is 46.7 Å². The number of nitrogens with zero attached hydrogens (tertiary/aromatic N) is 1. The highest BCUT2D eigenvalue weighted by molar-refractivity contribution is 7.80. The number of ketones is 1. The zero-order valence-corrected chi connectivity index (χ0v) is 26.4. The van der Waals surface area contributed by atoms with Crippen LogP contribution < -0.4 is 0 Å². The van der Waals surface area contributed by atoms with Gasteiger partial charge in [0, 0.05) is 18.2 Å². The number of aliphatic hydroxyl groups is 1. The Morgan fingerprint density at radius 2 is 1.93 bits per heavy atom. The van der Waals surface area contributed by atoms with E-state index in [4.69, 9.17) is 14.0 Å². The number of pyridine rings is 1. The molecule has 0 bridgehead atoms. The van der Waals surface area contributed by atoms with Crippen molar-refractivity contribution < 1.29 is 41.3 Å². The molecule has 44 heavy (non-hydrogen) atoms. The van der Waals surface area contributed by atoms with Crippen LogP contribution in [0, 0.1) is 40.4 Å². The van der Waals surface area contributed by atoms with E-state index >= 15 is 0 Å². The number of rotatable bonds is 6. The Morgan fingerprint density at radius 3 is 2.61 bits per heavy atom. The smallest absolute Gasteiger partial charge is 0.397 e. The summed E-state index contributed by atoms with van der Waals surface area (Å²) in [5, 5.41) is 11.5. The number of aliphatic hydroxyl groups excluding tert-OH is 1. The van der Waals surface area contributed by atoms with Crippen LogP contribution in [0.2, 0.25) is 0 Å². The minimum Gasteiger partial charge on any atom is -0.458 e. The Hall–Kier alpha value is -2.44. The van der Waals surface area contributed by atoms with E-state index in [1.54, 1.807) is 19.2 Å². The van der Waals surface area contributed by atoms with Crippen molar-refractivity contribution in [2.45, 2.75) is 90.1 Å². The number of ether oxygens (including phenoxy) is 2. The monoisotopic (exact) mass is 627 g/mol. The minimum atomic E-state index is -4.67. The van der Waals surface area contributed by atoms with E-state index in [0.29, 0.717) is 35.1 Å². The molecule has 10 nitrogen and oxygen atoms in total. The van der Waals surface area contributed by atoms with Crippen LogP contribution in [0.15, 0.2) is 41.6 Å². The number of hydrogen-bond donors (Lipinski definition) is 2. The lowest BCUT2D eigenvalue weighted by Gasteiger charge is -2.58. The van der Waals surface area contributed by atoms with Gasteiger partial charge in [0.15, 0.2) is 5.78 Å². The van der Waals surface area contributed by atoms with Crippen LogP contribution >= 0.6 is 0 Å². The molecule has 4 aliphatic carbocycles. The number of carbonyl (C=O) groups is 2. The predicted molar refractivity (Wildman–Crippen MR) is 158 cm³/mol. The van der Waals surface area contributed by atoms with Gasteiger partial charge >= 0.3 is 16.4 Å². The van der Waals surface area contributed by atoms with Crippen molar-refractivity contribution in [2.24, 2.45) is 40.4 Å². The van der Waals surface area contributed by atoms with Gasteiger partial charge in [-0.25, -0.2) is 8.98 Å². The topological polar surface area (TPSA) is 153 Å². The summed E-state index contributed by atoms with van der Waals surface area (Å²) in [6.45, 7) is 7.78. The summed E-state index contributed by atoms with van der Waals surface area (Å²) in [5.41, 5.74) is 0.161. The molecule has 2 aliphatic heterocycles. The van der Waals surface area contributed by atoms with Crippen LogP contribution in [0.3, 0.4) is 0 Å². The quantitative estimate of drug-likeness (QED) is 0.268. The molecule has 7 rings (SSSR count). The summed E-state index contributed by atoms with van der Waals surface area (Å²) in [6.07, 6.45) is 7.05. The molecule has 6 aliphatic rings. The van der Waals surface area contributed by atoms with Crippen molar-refractivity contribution in [3.8, 4) is 0 Å². The zero-order valence-electron chi connectivity index (χ0n) is 25.6. The molecule has 11 heteroatoms. The lowest BCUT2D eigenvalue weighted by atomic mass is 9.43. The fourth-order valence-electron chi connectivity index (χ4n) is 10.6. The van der Waals surface area contributed by atoms with Gasteiger partial charge < -0.3 is 14.6 Å². The first kappa shape index (κ1) is 30.2. The highest BCUT2D eigenvalue weighted by Gasteiger charge is 2.81. The first-order valence-electron chi connectivity index (χ1n) is 15.8. The van der Waals surface area contributed by atoms with E-state index in [1.807, 2.05) is 25.1 Å². The average Bonchev–Trinajstić information content (AvgIpc) is 3.61. The van der Waals surface area contributed by atoms with E-state index in [9.17, 15) is 23.1 Å². The molecule has 4 unspecified atom stereocenters. The van der Waals surface area contributed by atoms with E-state index in [0.717, 1.165) is 32.1 Å². The maximum absolute atomic E-state index is 14.4. The van der Waals surface area contributed by atoms with Crippen molar-refractivity contribution in [3.63, 3.8) is 0 Å². The van der Waals surface area contributed by atoms with Crippen LogP contribution in [0.1, 0.15) is 71.9 Å². The molecule has 238 valence electrons. The van der Waals surface area contributed by atoms with Gasteiger partial charge in [0.1, 0.15) is 24.4 Å². The molecule has 1 saturated heterocycles. The summed E-state index contributed by atoms with van der Waals surface area (Å²) >= 11 is 0. The van der Waals surface area contributed by atoms with Crippen molar-refractivity contribution >= 4 is 27.7 Å². The first-order chi connectivity index (χ1) is 20.7. The minimum absolute atomic E-state index is 0.0137. The Bertz CT molecular complexity index is 1570. The second-order valence-electron chi connectivity index (χ2n) is 14.5. The third-order valence-electron chi connectivity index (χ3n) is 12.8. The SMILES string of the molecule is CC1=C(COS(=O)(=O)O)C(=O)OC([C@@H](C)[C@H]2CC[C@H]3C4CC5OC56[C@@H](O)C=C(c5ccccn5)C(=O)[C@]6(C)[C@H]4CC[C@]23C)C1. The first-order valence-corrected chi connectivity index (χ1v) is 17.1. The largest absolute Gasteiger partial charge is 0.458 e. The fraction of sp³-hybridized carbons (Fsp3) is 0.667. The third-order valence-corrected chi connectivity index (χ3v) is 13.2. The number of carbonyl (C=O) groups excluding carboxylic acids is 2. The van der Waals surface area contributed by atoms with Gasteiger partial charge in [-0.2, -0.15) is 8.42 Å². The van der Waals surface area contributed by atoms with Crippen molar-refractivity contribution in [1.82, 2.24) is 4.98 Å². The van der Waals surface area contributed by atoms with Crippen LogP contribution in [0.25, 0.3) is 5.57 Å². The summed E-state index contributed by atoms with van der Waals surface area (Å²) in [4.78, 5) is 31.8. The molecule has 0 aromatic carbocycles. The standard InChI is InChI=1S/C33H41NO9S/c1-17-13-26(42-30(37)21(17)16-41-44(38,39)40)18(2)22-8-9-23-19-15-28-33(43-28)27(35)14-20(25-7-5-6-12-34-25)29(36)32(33,4)24(19)10-11-31(22,23)3/h5-7,12,14,18-19,22-24,26-28,35H,8-11,13,15-16H2,1-4H3,(H,38,39,40)/t18-,19?,22+,23-,24-,26?,27-,28?,31+,32-,33?/m0/s1. The number of cyclic esters (lactones) is 1. The maximum atomic E-state index is 14.4. The van der Waals surface area contributed by atoms with Gasteiger partial charge in [0.05, 0.1) is 22.8 Å². The average molecular weight is 628 g/mol. The molecule has 2 N–H and O–H groups in total. The van der Waals surface area contributed by atoms with Crippen LogP contribution in [-0.2, 0) is 33.6 Å². The lowest BCUT2D eigenvalue weighted by molar-refractivity contribution is -0.155. The van der Waals surface area contributed by atoms with Gasteiger partial charge in [-0.05, 0) is 99.2 Å². The molecule has 0 radical (unpaired) electrons.